The minimum Gasteiger partial charge on any atom is -0.480 e. The molecule has 1 aromatic heterocycles. The number of nitrogens with zero attached hydrogens (tertiary/aromatic N) is 3. The van der Waals surface area contributed by atoms with E-state index in [1.807, 2.05) is 0 Å². The zero-order valence-electron chi connectivity index (χ0n) is 21.3. The largest absolute Gasteiger partial charge is 0.480 e. The molecule has 0 amide bonds. The predicted octanol–water partition coefficient (Wildman–Crippen LogP) is 1.42. The molecule has 0 aromatic carbocycles. The smallest absolute Gasteiger partial charge is 0.329 e. The van der Waals surface area contributed by atoms with Crippen molar-refractivity contribution in [3.8, 4) is 0 Å². The molecule has 4 rings (SSSR count). The second-order valence-electron chi connectivity index (χ2n) is 10.5. The van der Waals surface area contributed by atoms with E-state index in [0.717, 1.165) is 50.0 Å². The average Bonchev–Trinajstić information content (AvgIpc) is 2.85. The number of hydroxylamine groups is 2. The molecule has 3 heterocycles. The first-order valence-corrected chi connectivity index (χ1v) is 15.0. The standard InChI is InChI=1S/C25H38N4O7S/c1-37(34,35)28-12-3-5-19(16-28)25(33)36-29(22(10-13-30)24(31)32)21-14-17(15-21)6-8-20-9-7-18-4-2-11-26-23(18)27-20/h7,9,17,19,21-22,30H,2-6,8,10-16H2,1H3,(H,26,27)(H,31,32)/t17?,19?,21?,22-/m0/s1. The highest BCUT2D eigenvalue weighted by molar-refractivity contribution is 7.88. The van der Waals surface area contributed by atoms with E-state index in [1.165, 1.54) is 14.9 Å². The van der Waals surface area contributed by atoms with Crippen LogP contribution in [-0.2, 0) is 37.3 Å². The lowest BCUT2D eigenvalue weighted by Crippen LogP contribution is -2.54. The van der Waals surface area contributed by atoms with Crippen LogP contribution in [0.15, 0.2) is 12.1 Å². The predicted molar refractivity (Wildman–Crippen MR) is 136 cm³/mol. The van der Waals surface area contributed by atoms with E-state index in [4.69, 9.17) is 9.82 Å². The molecule has 1 aliphatic carbocycles. The summed E-state index contributed by atoms with van der Waals surface area (Å²) in [5.41, 5.74) is 2.27. The van der Waals surface area contributed by atoms with Crippen molar-refractivity contribution in [1.29, 1.82) is 0 Å². The van der Waals surface area contributed by atoms with Crippen LogP contribution in [0.1, 0.15) is 56.2 Å². The Kier molecular flexibility index (Phi) is 9.04. The molecule has 3 aliphatic rings. The molecule has 0 radical (unpaired) electrons. The number of aryl methyl sites for hydroxylation is 2. The number of rotatable bonds is 11. The first kappa shape index (κ1) is 27.7. The molecular weight excluding hydrogens is 500 g/mol. The van der Waals surface area contributed by atoms with Crippen molar-refractivity contribution in [2.45, 2.75) is 69.9 Å². The minimum atomic E-state index is -3.44. The van der Waals surface area contributed by atoms with Crippen molar-refractivity contribution in [3.63, 3.8) is 0 Å². The van der Waals surface area contributed by atoms with Gasteiger partial charge in [-0.2, -0.15) is 0 Å². The van der Waals surface area contributed by atoms with Crippen molar-refractivity contribution >= 4 is 27.8 Å². The Morgan fingerprint density at radius 1 is 1.30 bits per heavy atom. The van der Waals surface area contributed by atoms with Gasteiger partial charge in [0.25, 0.3) is 0 Å². The quantitative estimate of drug-likeness (QED) is 0.353. The molecule has 2 aliphatic heterocycles. The first-order valence-electron chi connectivity index (χ1n) is 13.2. The molecule has 1 saturated heterocycles. The normalized spacial score (nSPS) is 25.0. The van der Waals surface area contributed by atoms with Crippen molar-refractivity contribution in [2.75, 3.05) is 37.8 Å². The van der Waals surface area contributed by atoms with E-state index < -0.39 is 33.9 Å². The number of carbonyl (C=O) groups excluding carboxylic acids is 1. The van der Waals surface area contributed by atoms with Gasteiger partial charge in [0, 0.05) is 38.0 Å². The van der Waals surface area contributed by atoms with Gasteiger partial charge in [-0.15, -0.1) is 5.06 Å². The van der Waals surface area contributed by atoms with Gasteiger partial charge in [0.2, 0.25) is 10.0 Å². The Balaban J connectivity index is 1.36. The molecular formula is C25H38N4O7S. The number of fused-ring (bicyclic) bond motifs is 1. The number of piperidine rings is 1. The highest BCUT2D eigenvalue weighted by Gasteiger charge is 2.43. The molecule has 0 bridgehead atoms. The maximum atomic E-state index is 13.0. The van der Waals surface area contributed by atoms with Crippen LogP contribution < -0.4 is 5.32 Å². The first-order chi connectivity index (χ1) is 17.7. The van der Waals surface area contributed by atoms with Crippen LogP contribution in [0.5, 0.6) is 0 Å². The summed E-state index contributed by atoms with van der Waals surface area (Å²) in [5.74, 6) is -1.13. The van der Waals surface area contributed by atoms with E-state index in [2.05, 4.69) is 17.4 Å². The molecule has 37 heavy (non-hydrogen) atoms. The van der Waals surface area contributed by atoms with Crippen LogP contribution in [0.4, 0.5) is 5.82 Å². The molecule has 0 spiro atoms. The summed E-state index contributed by atoms with van der Waals surface area (Å²) < 4.78 is 25.2. The zero-order chi connectivity index (χ0) is 26.6. The van der Waals surface area contributed by atoms with Crippen molar-refractivity contribution in [3.05, 3.63) is 23.4 Å². The Labute approximate surface area is 218 Å². The van der Waals surface area contributed by atoms with Gasteiger partial charge in [0.15, 0.2) is 0 Å². The highest BCUT2D eigenvalue weighted by atomic mass is 32.2. The summed E-state index contributed by atoms with van der Waals surface area (Å²) in [6.07, 6.45) is 7.26. The van der Waals surface area contributed by atoms with Crippen LogP contribution in [0.3, 0.4) is 0 Å². The van der Waals surface area contributed by atoms with Crippen LogP contribution in [-0.4, -0.2) is 89.5 Å². The third kappa shape index (κ3) is 6.98. The van der Waals surface area contributed by atoms with Crippen molar-refractivity contribution < 1.29 is 33.1 Å². The number of carbonyl (C=O) groups is 2. The number of sulfonamides is 1. The summed E-state index contributed by atoms with van der Waals surface area (Å²) in [7, 11) is -3.44. The van der Waals surface area contributed by atoms with Gasteiger partial charge in [-0.25, -0.2) is 17.7 Å². The lowest BCUT2D eigenvalue weighted by molar-refractivity contribution is -0.238. The number of aromatic nitrogens is 1. The molecule has 1 aromatic rings. The summed E-state index contributed by atoms with van der Waals surface area (Å²) >= 11 is 0. The van der Waals surface area contributed by atoms with Crippen LogP contribution >= 0.6 is 0 Å². The lowest BCUT2D eigenvalue weighted by atomic mass is 9.76. The van der Waals surface area contributed by atoms with Gasteiger partial charge in [0.05, 0.1) is 12.2 Å². The number of anilines is 1. The number of nitrogens with one attached hydrogen (secondary N) is 1. The number of carboxylic acids is 1. The number of aliphatic carboxylic acids is 1. The Hall–Kier alpha value is -2.28. The molecule has 2 fully saturated rings. The molecule has 206 valence electrons. The average molecular weight is 539 g/mol. The molecule has 11 nitrogen and oxygen atoms in total. The van der Waals surface area contributed by atoms with Crippen molar-refractivity contribution in [2.24, 2.45) is 11.8 Å². The van der Waals surface area contributed by atoms with E-state index in [-0.39, 0.29) is 25.6 Å². The van der Waals surface area contributed by atoms with Gasteiger partial charge >= 0.3 is 11.9 Å². The maximum absolute atomic E-state index is 13.0. The summed E-state index contributed by atoms with van der Waals surface area (Å²) in [4.78, 5) is 35.4. The molecule has 12 heteroatoms. The highest BCUT2D eigenvalue weighted by Crippen LogP contribution is 2.37. The number of aliphatic hydroxyl groups is 1. The summed E-state index contributed by atoms with van der Waals surface area (Å²) in [5, 5.41) is 23.8. The van der Waals surface area contributed by atoms with Crippen LogP contribution in [0, 0.1) is 11.8 Å². The molecule has 3 N–H and O–H groups in total. The fourth-order valence-corrected chi connectivity index (χ4v) is 6.40. The van der Waals surface area contributed by atoms with E-state index in [1.54, 1.807) is 0 Å². The molecule has 1 unspecified atom stereocenters. The third-order valence-corrected chi connectivity index (χ3v) is 8.98. The van der Waals surface area contributed by atoms with Gasteiger partial charge in [-0.3, -0.25) is 9.59 Å². The van der Waals surface area contributed by atoms with E-state index in [0.29, 0.717) is 38.1 Å². The number of carboxylic acid groups (broad SMARTS) is 1. The molecule has 2 atom stereocenters. The Morgan fingerprint density at radius 3 is 2.78 bits per heavy atom. The van der Waals surface area contributed by atoms with Crippen LogP contribution in [0.25, 0.3) is 0 Å². The fourth-order valence-electron chi connectivity index (χ4n) is 5.49. The second-order valence-corrected chi connectivity index (χ2v) is 12.4. The van der Waals surface area contributed by atoms with Crippen LogP contribution in [0.2, 0.25) is 0 Å². The lowest BCUT2D eigenvalue weighted by Gasteiger charge is -2.44. The SMILES string of the molecule is CS(=O)(=O)N1CCCC(C(=O)ON(C2CC(CCc3ccc4c(n3)NCCC4)C2)[C@@H](CCO)C(=O)O)C1. The monoisotopic (exact) mass is 538 g/mol. The minimum absolute atomic E-state index is 0.0270. The number of aliphatic hydroxyl groups excluding tert-OH is 1. The Bertz CT molecular complexity index is 1080. The van der Waals surface area contributed by atoms with E-state index in [9.17, 15) is 28.2 Å². The van der Waals surface area contributed by atoms with Crippen molar-refractivity contribution in [1.82, 2.24) is 14.4 Å². The topological polar surface area (TPSA) is 149 Å². The summed E-state index contributed by atoms with van der Waals surface area (Å²) in [6, 6.07) is 2.77. The van der Waals surface area contributed by atoms with Gasteiger partial charge in [-0.05, 0) is 75.3 Å². The number of hydrogen-bond donors (Lipinski definition) is 3. The van der Waals surface area contributed by atoms with Gasteiger partial charge in [0.1, 0.15) is 11.9 Å². The van der Waals surface area contributed by atoms with E-state index >= 15 is 0 Å². The Morgan fingerprint density at radius 2 is 2.08 bits per heavy atom. The number of hydrogen-bond acceptors (Lipinski definition) is 9. The van der Waals surface area contributed by atoms with Gasteiger partial charge in [-0.1, -0.05) is 6.07 Å². The zero-order valence-corrected chi connectivity index (χ0v) is 22.2. The molecule has 1 saturated carbocycles. The fraction of sp³-hybridized carbons (Fsp3) is 0.720. The number of pyridine rings is 1. The maximum Gasteiger partial charge on any atom is 0.329 e. The second kappa shape index (κ2) is 12.1. The van der Waals surface area contributed by atoms with Gasteiger partial charge < -0.3 is 20.4 Å². The third-order valence-electron chi connectivity index (χ3n) is 7.71. The summed E-state index contributed by atoms with van der Waals surface area (Å²) in [6.45, 7) is 0.964.